The number of hydrogen-bond acceptors (Lipinski definition) is 2. The highest BCUT2D eigenvalue weighted by Crippen LogP contribution is 2.15. The van der Waals surface area contributed by atoms with E-state index in [9.17, 15) is 9.18 Å². The molecule has 21 heavy (non-hydrogen) atoms. The van der Waals surface area contributed by atoms with Gasteiger partial charge < -0.3 is 15.2 Å². The lowest BCUT2D eigenvalue weighted by Gasteiger charge is -2.18. The maximum atomic E-state index is 13.2. The second kappa shape index (κ2) is 6.88. The van der Waals surface area contributed by atoms with E-state index in [1.54, 1.807) is 18.6 Å². The van der Waals surface area contributed by atoms with Gasteiger partial charge in [0.2, 0.25) is 0 Å². The van der Waals surface area contributed by atoms with Crippen molar-refractivity contribution in [1.82, 2.24) is 14.9 Å². The van der Waals surface area contributed by atoms with E-state index < -0.39 is 0 Å². The number of rotatable bonds is 5. The van der Waals surface area contributed by atoms with Crippen LogP contribution in [0.3, 0.4) is 0 Å². The number of urea groups is 1. The molecule has 0 fully saturated rings. The summed E-state index contributed by atoms with van der Waals surface area (Å²) in [5, 5.41) is 5.56. The van der Waals surface area contributed by atoms with Crippen molar-refractivity contribution in [1.29, 1.82) is 0 Å². The quantitative estimate of drug-likeness (QED) is 0.889. The summed E-state index contributed by atoms with van der Waals surface area (Å²) in [6.07, 6.45) is 6.04. The Bertz CT molecular complexity index is 598. The molecule has 0 aliphatic carbocycles. The first-order valence-corrected chi connectivity index (χ1v) is 6.88. The predicted octanol–water partition coefficient (Wildman–Crippen LogP) is 2.93. The predicted molar refractivity (Wildman–Crippen MR) is 79.6 cm³/mol. The number of benzene rings is 1. The summed E-state index contributed by atoms with van der Waals surface area (Å²) >= 11 is 0. The van der Waals surface area contributed by atoms with Crippen molar-refractivity contribution in [3.8, 4) is 0 Å². The van der Waals surface area contributed by atoms with E-state index in [4.69, 9.17) is 0 Å². The molecule has 0 radical (unpaired) electrons. The van der Waals surface area contributed by atoms with Crippen LogP contribution in [0.2, 0.25) is 0 Å². The normalized spacial score (nSPS) is 12.0. The average molecular weight is 290 g/mol. The number of amides is 2. The van der Waals surface area contributed by atoms with Crippen LogP contribution < -0.4 is 10.6 Å². The van der Waals surface area contributed by atoms with Gasteiger partial charge in [-0.25, -0.2) is 14.2 Å². The van der Waals surface area contributed by atoms with Crippen molar-refractivity contribution in [2.75, 3.05) is 5.32 Å². The van der Waals surface area contributed by atoms with Crippen LogP contribution in [0.25, 0.3) is 0 Å². The van der Waals surface area contributed by atoms with Crippen LogP contribution in [0, 0.1) is 12.7 Å². The maximum Gasteiger partial charge on any atom is 0.319 e. The van der Waals surface area contributed by atoms with Gasteiger partial charge in [0, 0.05) is 30.7 Å². The zero-order valence-electron chi connectivity index (χ0n) is 12.1. The Morgan fingerprint density at radius 3 is 2.95 bits per heavy atom. The number of carbonyl (C=O) groups is 1. The van der Waals surface area contributed by atoms with E-state index in [-0.39, 0.29) is 17.9 Å². The molecule has 0 aliphatic heterocycles. The Hall–Kier alpha value is -2.37. The fraction of sp³-hybridized carbons (Fsp3) is 0.333. The standard InChI is InChI=1S/C15H19FN4O/c1-3-13(9-20-7-6-17-10-20)18-15(21)19-14-8-12(16)5-4-11(14)2/h4-8,10,13H,3,9H2,1-2H3,(H2,18,19,21). The molecule has 2 aromatic rings. The van der Waals surface area contributed by atoms with Crippen LogP contribution in [0.5, 0.6) is 0 Å². The van der Waals surface area contributed by atoms with Gasteiger partial charge in [0.15, 0.2) is 0 Å². The second-order valence-electron chi connectivity index (χ2n) is 4.92. The van der Waals surface area contributed by atoms with E-state index in [0.29, 0.717) is 12.2 Å². The molecule has 0 spiro atoms. The lowest BCUT2D eigenvalue weighted by atomic mass is 10.2. The monoisotopic (exact) mass is 290 g/mol. The molecule has 6 heteroatoms. The molecule has 0 saturated carbocycles. The van der Waals surface area contributed by atoms with E-state index >= 15 is 0 Å². The molecule has 0 aliphatic rings. The highest BCUT2D eigenvalue weighted by molar-refractivity contribution is 5.90. The van der Waals surface area contributed by atoms with Crippen molar-refractivity contribution in [2.45, 2.75) is 32.9 Å². The van der Waals surface area contributed by atoms with Crippen LogP contribution in [-0.4, -0.2) is 21.6 Å². The van der Waals surface area contributed by atoms with Crippen LogP contribution in [-0.2, 0) is 6.54 Å². The summed E-state index contributed by atoms with van der Waals surface area (Å²) in [7, 11) is 0. The van der Waals surface area contributed by atoms with Crippen LogP contribution in [0.1, 0.15) is 18.9 Å². The molecular weight excluding hydrogens is 271 g/mol. The van der Waals surface area contributed by atoms with Gasteiger partial charge in [0.05, 0.1) is 6.33 Å². The summed E-state index contributed by atoms with van der Waals surface area (Å²) in [4.78, 5) is 16.0. The van der Waals surface area contributed by atoms with Gasteiger partial charge in [0.25, 0.3) is 0 Å². The minimum Gasteiger partial charge on any atom is -0.335 e. The summed E-state index contributed by atoms with van der Waals surface area (Å²) in [6.45, 7) is 4.46. The minimum atomic E-state index is -0.374. The molecule has 112 valence electrons. The fourth-order valence-corrected chi connectivity index (χ4v) is 2.00. The summed E-state index contributed by atoms with van der Waals surface area (Å²) in [5.41, 5.74) is 1.29. The minimum absolute atomic E-state index is 0.0203. The molecule has 0 saturated heterocycles. The van der Waals surface area contributed by atoms with Crippen molar-refractivity contribution in [2.24, 2.45) is 0 Å². The zero-order chi connectivity index (χ0) is 15.2. The number of aryl methyl sites for hydroxylation is 1. The number of carbonyl (C=O) groups excluding carboxylic acids is 1. The Morgan fingerprint density at radius 2 is 2.29 bits per heavy atom. The lowest BCUT2D eigenvalue weighted by molar-refractivity contribution is 0.246. The fourth-order valence-electron chi connectivity index (χ4n) is 2.00. The number of anilines is 1. The average Bonchev–Trinajstić information content (AvgIpc) is 2.95. The number of halogens is 1. The lowest BCUT2D eigenvalue weighted by Crippen LogP contribution is -2.40. The molecule has 5 nitrogen and oxygen atoms in total. The SMILES string of the molecule is CCC(Cn1ccnc1)NC(=O)Nc1cc(F)ccc1C. The first-order valence-electron chi connectivity index (χ1n) is 6.88. The molecule has 1 aromatic carbocycles. The van der Waals surface area contributed by atoms with Gasteiger partial charge in [-0.15, -0.1) is 0 Å². The van der Waals surface area contributed by atoms with Crippen molar-refractivity contribution >= 4 is 11.7 Å². The van der Waals surface area contributed by atoms with E-state index in [1.165, 1.54) is 12.1 Å². The zero-order valence-corrected chi connectivity index (χ0v) is 12.1. The number of aromatic nitrogens is 2. The molecule has 1 atom stereocenters. The summed E-state index contributed by atoms with van der Waals surface area (Å²) in [5.74, 6) is -0.374. The van der Waals surface area contributed by atoms with E-state index in [0.717, 1.165) is 12.0 Å². The molecule has 0 bridgehead atoms. The smallest absolute Gasteiger partial charge is 0.319 e. The summed E-state index contributed by atoms with van der Waals surface area (Å²) in [6, 6.07) is 3.95. The molecule has 1 unspecified atom stereocenters. The van der Waals surface area contributed by atoms with Gasteiger partial charge in [-0.2, -0.15) is 0 Å². The third kappa shape index (κ3) is 4.30. The Morgan fingerprint density at radius 1 is 1.48 bits per heavy atom. The van der Waals surface area contributed by atoms with Crippen molar-refractivity contribution < 1.29 is 9.18 Å². The molecule has 2 amide bonds. The molecule has 2 rings (SSSR count). The van der Waals surface area contributed by atoms with Gasteiger partial charge in [-0.1, -0.05) is 13.0 Å². The third-order valence-electron chi connectivity index (χ3n) is 3.27. The highest BCUT2D eigenvalue weighted by atomic mass is 19.1. The van der Waals surface area contributed by atoms with Crippen LogP contribution in [0.4, 0.5) is 14.9 Å². The van der Waals surface area contributed by atoms with Gasteiger partial charge in [0.1, 0.15) is 5.82 Å². The largest absolute Gasteiger partial charge is 0.335 e. The topological polar surface area (TPSA) is 59.0 Å². The Kier molecular flexibility index (Phi) is 4.92. The van der Waals surface area contributed by atoms with E-state index in [2.05, 4.69) is 15.6 Å². The van der Waals surface area contributed by atoms with Crippen molar-refractivity contribution in [3.05, 3.63) is 48.3 Å². The number of nitrogens with zero attached hydrogens (tertiary/aromatic N) is 2. The Balaban J connectivity index is 1.95. The first-order chi connectivity index (χ1) is 10.1. The second-order valence-corrected chi connectivity index (χ2v) is 4.92. The first kappa shape index (κ1) is 15.0. The molecular formula is C15H19FN4O. The highest BCUT2D eigenvalue weighted by Gasteiger charge is 2.12. The van der Waals surface area contributed by atoms with Gasteiger partial charge >= 0.3 is 6.03 Å². The number of nitrogens with one attached hydrogen (secondary N) is 2. The van der Waals surface area contributed by atoms with Gasteiger partial charge in [-0.05, 0) is 31.0 Å². The summed E-state index contributed by atoms with van der Waals surface area (Å²) < 4.78 is 15.1. The third-order valence-corrected chi connectivity index (χ3v) is 3.27. The Labute approximate surface area is 123 Å². The molecule has 2 N–H and O–H groups in total. The molecule has 1 aromatic heterocycles. The van der Waals surface area contributed by atoms with E-state index in [1.807, 2.05) is 24.6 Å². The van der Waals surface area contributed by atoms with Gasteiger partial charge in [-0.3, -0.25) is 0 Å². The van der Waals surface area contributed by atoms with Crippen LogP contribution >= 0.6 is 0 Å². The van der Waals surface area contributed by atoms with Crippen LogP contribution in [0.15, 0.2) is 36.9 Å². The number of imidazole rings is 1. The van der Waals surface area contributed by atoms with Crippen molar-refractivity contribution in [3.63, 3.8) is 0 Å². The number of hydrogen-bond donors (Lipinski definition) is 2. The maximum absolute atomic E-state index is 13.2. The molecule has 1 heterocycles.